The number of hydrogen-bond donors (Lipinski definition) is 2. The molecule has 0 radical (unpaired) electrons. The molecule has 0 spiro atoms. The molecule has 6 aliphatic carbocycles. The number of carboxylic acids is 1. The van der Waals surface area contributed by atoms with Crippen LogP contribution in [0.3, 0.4) is 0 Å². The summed E-state index contributed by atoms with van der Waals surface area (Å²) in [6.07, 6.45) is 27.7. The van der Waals surface area contributed by atoms with E-state index in [1.54, 1.807) is 25.4 Å². The Hall–Kier alpha value is -2.23. The van der Waals surface area contributed by atoms with Crippen molar-refractivity contribution in [3.8, 4) is 0 Å². The summed E-state index contributed by atoms with van der Waals surface area (Å²) in [7, 11) is -1.25. The van der Waals surface area contributed by atoms with Crippen LogP contribution in [0.4, 0.5) is 0 Å². The summed E-state index contributed by atoms with van der Waals surface area (Å²) in [6, 6.07) is 0. The molecule has 0 aromatic rings. The summed E-state index contributed by atoms with van der Waals surface area (Å²) < 4.78 is 30.2. The maximum absolute atomic E-state index is 12.7. The van der Waals surface area contributed by atoms with Crippen molar-refractivity contribution < 1.29 is 23.1 Å². The predicted molar refractivity (Wildman–Crippen MR) is 227 cm³/mol. The molecule has 2 N–H and O–H groups in total. The molecule has 56 heavy (non-hydrogen) atoms. The van der Waals surface area contributed by atoms with Crippen LogP contribution in [0.1, 0.15) is 124 Å². The van der Waals surface area contributed by atoms with Gasteiger partial charge in [0.05, 0.1) is 11.5 Å². The van der Waals surface area contributed by atoms with E-state index in [0.717, 1.165) is 75.5 Å². The molecule has 0 aromatic heterocycles. The lowest BCUT2D eigenvalue weighted by atomic mass is 9.37. The van der Waals surface area contributed by atoms with Gasteiger partial charge in [0.1, 0.15) is 27.6 Å². The molecule has 4 saturated carbocycles. The molecule has 8 unspecified atom stereocenters. The topological polar surface area (TPSA) is 108 Å². The second kappa shape index (κ2) is 15.7. The van der Waals surface area contributed by atoms with Crippen molar-refractivity contribution in [3.05, 3.63) is 47.8 Å². The monoisotopic (exact) mass is 792 g/mol. The quantitative estimate of drug-likeness (QED) is 0.116. The van der Waals surface area contributed by atoms with Gasteiger partial charge in [0.2, 0.25) is 0 Å². The molecule has 9 heteroatoms. The number of sulfone groups is 1. The van der Waals surface area contributed by atoms with E-state index in [1.807, 2.05) is 0 Å². The fraction of sp³-hybridized carbons (Fsp3) is 0.787. The highest BCUT2D eigenvalue weighted by Crippen LogP contribution is 2.72. The Morgan fingerprint density at radius 3 is 2.39 bits per heavy atom. The minimum Gasteiger partial charge on any atom is -0.491 e. The number of aliphatic carboxylic acids is 1. The van der Waals surface area contributed by atoms with Crippen molar-refractivity contribution in [2.24, 2.45) is 56.2 Å². The van der Waals surface area contributed by atoms with Gasteiger partial charge in [-0.25, -0.2) is 8.42 Å². The first-order valence-corrected chi connectivity index (χ1v) is 24.2. The van der Waals surface area contributed by atoms with E-state index in [2.05, 4.69) is 61.6 Å². The molecule has 312 valence electrons. The van der Waals surface area contributed by atoms with Crippen molar-refractivity contribution in [2.45, 2.75) is 135 Å². The fourth-order valence-electron chi connectivity index (χ4n) is 14.8. The van der Waals surface area contributed by atoms with Crippen LogP contribution in [0, 0.1) is 51.2 Å². The molecular weight excluding hydrogens is 719 g/mol. The Morgan fingerprint density at radius 2 is 1.73 bits per heavy atom. The smallest absolute Gasteiger partial charge is 0.313 e. The molecule has 8 nitrogen and oxygen atoms in total. The van der Waals surface area contributed by atoms with Gasteiger partial charge in [0.15, 0.2) is 0 Å². The summed E-state index contributed by atoms with van der Waals surface area (Å²) in [5.41, 5.74) is 2.84. The number of ether oxygens (including phenoxy) is 1. The Balaban J connectivity index is 1.02. The van der Waals surface area contributed by atoms with Gasteiger partial charge in [0.25, 0.3) is 0 Å². The molecule has 1 heterocycles. The average molecular weight is 792 g/mol. The molecule has 7 aliphatic rings. The summed E-state index contributed by atoms with van der Waals surface area (Å²) >= 11 is 0. The molecule has 9 atom stereocenters. The number of hydrogen-bond acceptors (Lipinski definition) is 7. The minimum absolute atomic E-state index is 0.0331. The Kier molecular flexibility index (Phi) is 11.8. The zero-order valence-electron chi connectivity index (χ0n) is 35.6. The number of nitrogens with zero attached hydrogens (tertiary/aromatic N) is 2. The molecule has 1 aliphatic heterocycles. The summed E-state index contributed by atoms with van der Waals surface area (Å²) in [5.74, 6) is 3.49. The van der Waals surface area contributed by atoms with Crippen LogP contribution in [0.25, 0.3) is 0 Å². The van der Waals surface area contributed by atoms with Gasteiger partial charge in [-0.3, -0.25) is 9.79 Å². The van der Waals surface area contributed by atoms with E-state index in [0.29, 0.717) is 29.9 Å². The summed E-state index contributed by atoms with van der Waals surface area (Å²) in [4.78, 5) is 19.3. The number of rotatable bonds is 12. The molecule has 0 aromatic carbocycles. The van der Waals surface area contributed by atoms with Gasteiger partial charge < -0.3 is 20.1 Å². The molecule has 1 saturated heterocycles. The lowest BCUT2D eigenvalue weighted by Crippen LogP contribution is -2.64. The predicted octanol–water partition coefficient (Wildman–Crippen LogP) is 8.81. The minimum atomic E-state index is -2.93. The zero-order valence-corrected chi connectivity index (χ0v) is 36.4. The van der Waals surface area contributed by atoms with Gasteiger partial charge in [-0.2, -0.15) is 0 Å². The molecule has 0 amide bonds. The van der Waals surface area contributed by atoms with Crippen LogP contribution >= 0.6 is 0 Å². The normalized spacial score (nSPS) is 40.5. The fourth-order valence-corrected chi connectivity index (χ4v) is 15.9. The van der Waals surface area contributed by atoms with Crippen molar-refractivity contribution >= 4 is 22.0 Å². The van der Waals surface area contributed by atoms with Crippen molar-refractivity contribution in [1.29, 1.82) is 0 Å². The first-order chi connectivity index (χ1) is 26.5. The van der Waals surface area contributed by atoms with Gasteiger partial charge in [-0.05, 0) is 166 Å². The highest BCUT2D eigenvalue weighted by molar-refractivity contribution is 7.91. The molecule has 5 fully saturated rings. The highest BCUT2D eigenvalue weighted by Gasteiger charge is 2.65. The summed E-state index contributed by atoms with van der Waals surface area (Å²) in [5, 5.41) is 14.5. The van der Waals surface area contributed by atoms with Gasteiger partial charge >= 0.3 is 5.97 Å². The molecular formula is C47H73N3O5S. The average Bonchev–Trinajstić information content (AvgIpc) is 3.58. The van der Waals surface area contributed by atoms with Crippen LogP contribution in [-0.2, 0) is 19.4 Å². The van der Waals surface area contributed by atoms with Gasteiger partial charge in [-0.1, -0.05) is 58.9 Å². The third-order valence-electron chi connectivity index (χ3n) is 17.6. The third kappa shape index (κ3) is 7.35. The van der Waals surface area contributed by atoms with Crippen LogP contribution in [0.15, 0.2) is 52.8 Å². The lowest BCUT2D eigenvalue weighted by Gasteiger charge is -2.68. The van der Waals surface area contributed by atoms with E-state index < -0.39 is 21.2 Å². The third-order valence-corrected chi connectivity index (χ3v) is 19.3. The number of carbonyl (C=O) groups is 1. The summed E-state index contributed by atoms with van der Waals surface area (Å²) in [6.45, 7) is 18.1. The van der Waals surface area contributed by atoms with E-state index >= 15 is 0 Å². The Labute approximate surface area is 339 Å². The van der Waals surface area contributed by atoms with E-state index in [-0.39, 0.29) is 28.2 Å². The number of piperidine rings is 1. The van der Waals surface area contributed by atoms with Crippen LogP contribution in [-0.4, -0.2) is 87.5 Å². The van der Waals surface area contributed by atoms with Crippen LogP contribution < -0.4 is 5.32 Å². The highest BCUT2D eigenvalue weighted by atomic mass is 32.2. The van der Waals surface area contributed by atoms with Crippen LogP contribution in [0.2, 0.25) is 0 Å². The Morgan fingerprint density at radius 1 is 0.964 bits per heavy atom. The molecule has 7 rings (SSSR count). The number of aliphatic imine (C=N–C) groups is 1. The number of likely N-dealkylation sites (tertiary alicyclic amines) is 1. The van der Waals surface area contributed by atoms with E-state index in [4.69, 9.17) is 4.74 Å². The second-order valence-corrected chi connectivity index (χ2v) is 22.9. The lowest BCUT2D eigenvalue weighted by molar-refractivity contribution is -0.175. The maximum Gasteiger partial charge on any atom is 0.313 e. The zero-order chi connectivity index (χ0) is 40.1. The first-order valence-electron chi connectivity index (χ1n) is 22.2. The van der Waals surface area contributed by atoms with E-state index in [9.17, 15) is 18.3 Å². The number of fused-ring (bicyclic) bond motifs is 7. The van der Waals surface area contributed by atoms with E-state index in [1.165, 1.54) is 75.2 Å². The number of allylic oxidation sites excluding steroid dienone is 7. The van der Waals surface area contributed by atoms with Gasteiger partial charge in [-0.15, -0.1) is 0 Å². The maximum atomic E-state index is 12.7. The van der Waals surface area contributed by atoms with Crippen LogP contribution in [0.5, 0.6) is 0 Å². The SMILES string of the molecule is C=C/C=C(\C=NC)OCC1(C(=O)O)CC=C(C2=CCC3(C)C(CCC4(C)C5CCC6(NCCN7CCC(S(C)(=O)=O)CC7)CCC[C@@H]6C5CCC43)C2(C)C)CC1. The second-order valence-electron chi connectivity index (χ2n) is 20.5. The van der Waals surface area contributed by atoms with Crippen molar-refractivity contribution in [3.63, 3.8) is 0 Å². The van der Waals surface area contributed by atoms with Crippen molar-refractivity contribution in [1.82, 2.24) is 10.2 Å². The Bertz CT molecular complexity index is 1740. The number of carboxylic acid groups (broad SMARTS) is 1. The first kappa shape index (κ1) is 41.9. The van der Waals surface area contributed by atoms with Gasteiger partial charge in [0, 0.05) is 31.9 Å². The standard InChI is InChI=1S/C47H73N3O5S/c1-8-10-34(31-48-6)55-32-46(42(51)52)24-14-33(15-25-46)37-16-22-45(5)40(43(37,2)3)18-23-44(4)38-17-26-47(21-9-11-39(47)36(38)12-13-41(44)45)49-27-30-50-28-19-35(20-29-50)56(7,53)54/h8,10,14,16,31,35-36,38-41,49H,1,9,11-13,15,17-30,32H2,2-7H3,(H,51,52)/b34-10+,48-31?/t36?,38?,39-,40?,41?,44?,45?,46?,47?/m1/s1. The largest absolute Gasteiger partial charge is 0.491 e. The van der Waals surface area contributed by atoms with Crippen molar-refractivity contribution in [2.75, 3.05) is 46.1 Å². The number of nitrogens with one attached hydrogen (secondary N) is 1. The molecule has 0 bridgehead atoms.